The van der Waals surface area contributed by atoms with E-state index in [-0.39, 0.29) is 12.2 Å². The maximum absolute atomic E-state index is 14.2. The quantitative estimate of drug-likeness (QED) is 0.591. The predicted octanol–water partition coefficient (Wildman–Crippen LogP) is 1.94. The van der Waals surface area contributed by atoms with Crippen molar-refractivity contribution in [1.82, 2.24) is 19.2 Å². The van der Waals surface area contributed by atoms with E-state index in [0.717, 1.165) is 25.9 Å². The van der Waals surface area contributed by atoms with Crippen LogP contribution < -0.4 is 9.62 Å². The molecule has 0 aliphatic heterocycles. The number of hydrogen-bond donors (Lipinski definition) is 1. The van der Waals surface area contributed by atoms with Gasteiger partial charge in [0.2, 0.25) is 5.91 Å². The summed E-state index contributed by atoms with van der Waals surface area (Å²) in [4.78, 5) is 16.5. The van der Waals surface area contributed by atoms with Crippen molar-refractivity contribution in [3.05, 3.63) is 78.6 Å². The number of aromatic nitrogens is 2. The molecule has 0 saturated carbocycles. The Hall–Kier alpha value is -3.24. The normalized spacial score (nSPS) is 11.5. The molecule has 10 heteroatoms. The molecule has 3 aromatic rings. The van der Waals surface area contributed by atoms with Gasteiger partial charge >= 0.3 is 10.2 Å². The van der Waals surface area contributed by atoms with Crippen LogP contribution in [-0.2, 0) is 21.5 Å². The zero-order valence-corrected chi connectivity index (χ0v) is 17.4. The van der Waals surface area contributed by atoms with E-state index in [9.17, 15) is 17.6 Å². The second kappa shape index (κ2) is 9.06. The maximum Gasteiger partial charge on any atom is 0.304 e. The minimum absolute atomic E-state index is 0.189. The van der Waals surface area contributed by atoms with Crippen molar-refractivity contribution in [2.75, 3.05) is 24.9 Å². The molecule has 0 unspecified atom stereocenters. The van der Waals surface area contributed by atoms with Crippen LogP contribution in [0, 0.1) is 5.82 Å². The molecule has 158 valence electrons. The molecule has 3 rings (SSSR count). The molecule has 8 nitrogen and oxygen atoms in total. The lowest BCUT2D eigenvalue weighted by Crippen LogP contribution is -2.46. The number of rotatable bonds is 8. The lowest BCUT2D eigenvalue weighted by atomic mass is 10.2. The molecule has 0 saturated heterocycles. The number of carbonyl (C=O) groups excluding carboxylic acids is 1. The van der Waals surface area contributed by atoms with Gasteiger partial charge in [-0.2, -0.15) is 12.7 Å². The van der Waals surface area contributed by atoms with E-state index in [1.165, 1.54) is 32.3 Å². The van der Waals surface area contributed by atoms with Crippen LogP contribution >= 0.6 is 0 Å². The lowest BCUT2D eigenvalue weighted by molar-refractivity contribution is -0.119. The van der Waals surface area contributed by atoms with E-state index in [1.54, 1.807) is 12.5 Å². The van der Waals surface area contributed by atoms with Crippen LogP contribution in [0.4, 0.5) is 10.1 Å². The number of carbonyl (C=O) groups is 1. The van der Waals surface area contributed by atoms with Crippen molar-refractivity contribution in [1.29, 1.82) is 0 Å². The van der Waals surface area contributed by atoms with Gasteiger partial charge in [0.15, 0.2) is 0 Å². The Bertz CT molecular complexity index is 1100. The maximum atomic E-state index is 14.2. The number of imidazole rings is 1. The lowest BCUT2D eigenvalue weighted by Gasteiger charge is -2.27. The van der Waals surface area contributed by atoms with Crippen molar-refractivity contribution in [2.45, 2.75) is 6.54 Å². The zero-order valence-electron chi connectivity index (χ0n) is 16.6. The number of para-hydroxylation sites is 1. The third-order valence-electron chi connectivity index (χ3n) is 4.38. The van der Waals surface area contributed by atoms with Crippen LogP contribution in [0.15, 0.2) is 67.3 Å². The number of anilines is 1. The van der Waals surface area contributed by atoms with Crippen LogP contribution in [0.3, 0.4) is 0 Å². The van der Waals surface area contributed by atoms with Gasteiger partial charge in [0, 0.05) is 38.7 Å². The second-order valence-corrected chi connectivity index (χ2v) is 8.73. The fourth-order valence-electron chi connectivity index (χ4n) is 2.73. The second-order valence-electron chi connectivity index (χ2n) is 6.66. The van der Waals surface area contributed by atoms with Gasteiger partial charge in [0.05, 0.1) is 12.0 Å². The molecule has 0 aliphatic rings. The smallest absolute Gasteiger partial charge is 0.304 e. The monoisotopic (exact) mass is 431 g/mol. The number of nitrogens with one attached hydrogen (secondary N) is 1. The highest BCUT2D eigenvalue weighted by atomic mass is 32.2. The van der Waals surface area contributed by atoms with Crippen LogP contribution in [0.2, 0.25) is 0 Å². The van der Waals surface area contributed by atoms with Crippen molar-refractivity contribution >= 4 is 21.8 Å². The van der Waals surface area contributed by atoms with E-state index in [2.05, 4.69) is 10.3 Å². The molecule has 0 aliphatic carbocycles. The fourth-order valence-corrected chi connectivity index (χ4v) is 3.80. The van der Waals surface area contributed by atoms with Gasteiger partial charge in [0.1, 0.15) is 12.4 Å². The standard InChI is InChI=1S/C20H22FN5O3S/c1-24(2)30(28,29)26(19-6-4-3-5-18(19)21)14-20(27)23-13-16-7-9-17(10-8-16)25-12-11-22-15-25/h3-12,15H,13-14H2,1-2H3,(H,23,27). The Morgan fingerprint density at radius 1 is 1.13 bits per heavy atom. The summed E-state index contributed by atoms with van der Waals surface area (Å²) in [6.45, 7) is -0.343. The molecule has 0 radical (unpaired) electrons. The molecule has 0 spiro atoms. The topological polar surface area (TPSA) is 87.5 Å². The summed E-state index contributed by atoms with van der Waals surface area (Å²) < 4.78 is 43.0. The molecule has 0 bridgehead atoms. The predicted molar refractivity (Wildman–Crippen MR) is 112 cm³/mol. The highest BCUT2D eigenvalue weighted by Crippen LogP contribution is 2.22. The first-order chi connectivity index (χ1) is 14.3. The Morgan fingerprint density at radius 2 is 1.83 bits per heavy atom. The van der Waals surface area contributed by atoms with Gasteiger partial charge in [-0.05, 0) is 29.8 Å². The molecule has 0 fully saturated rings. The number of benzene rings is 2. The summed E-state index contributed by atoms with van der Waals surface area (Å²) >= 11 is 0. The summed E-state index contributed by atoms with van der Waals surface area (Å²) in [5.41, 5.74) is 1.57. The van der Waals surface area contributed by atoms with Gasteiger partial charge in [-0.1, -0.05) is 24.3 Å². The molecule has 1 aromatic heterocycles. The molecular formula is C20H22FN5O3S. The van der Waals surface area contributed by atoms with Gasteiger partial charge in [-0.25, -0.2) is 13.7 Å². The SMILES string of the molecule is CN(C)S(=O)(=O)N(CC(=O)NCc1ccc(-n2ccnc2)cc1)c1ccccc1F. The molecule has 1 N–H and O–H groups in total. The largest absolute Gasteiger partial charge is 0.350 e. The van der Waals surface area contributed by atoms with Crippen LogP contribution in [0.5, 0.6) is 0 Å². The van der Waals surface area contributed by atoms with E-state index < -0.39 is 28.5 Å². The first kappa shape index (κ1) is 21.5. The minimum Gasteiger partial charge on any atom is -0.350 e. The Labute approximate surface area is 174 Å². The Morgan fingerprint density at radius 3 is 2.43 bits per heavy atom. The van der Waals surface area contributed by atoms with Gasteiger partial charge in [-0.15, -0.1) is 0 Å². The van der Waals surface area contributed by atoms with Crippen LogP contribution in [0.25, 0.3) is 5.69 Å². The first-order valence-electron chi connectivity index (χ1n) is 9.07. The van der Waals surface area contributed by atoms with Crippen molar-refractivity contribution in [3.63, 3.8) is 0 Å². The summed E-state index contributed by atoms with van der Waals surface area (Å²) in [7, 11) is -1.42. The van der Waals surface area contributed by atoms with Crippen molar-refractivity contribution in [2.24, 2.45) is 0 Å². The minimum atomic E-state index is -4.07. The third-order valence-corrected chi connectivity index (χ3v) is 6.18. The third kappa shape index (κ3) is 4.84. The zero-order chi connectivity index (χ0) is 21.7. The van der Waals surface area contributed by atoms with E-state index in [4.69, 9.17) is 0 Å². The number of amides is 1. The Kier molecular flexibility index (Phi) is 6.48. The van der Waals surface area contributed by atoms with Crippen molar-refractivity contribution in [3.8, 4) is 5.69 Å². The highest BCUT2D eigenvalue weighted by Gasteiger charge is 2.29. The van der Waals surface area contributed by atoms with E-state index in [0.29, 0.717) is 0 Å². The summed E-state index contributed by atoms with van der Waals surface area (Å²) in [6.07, 6.45) is 5.18. The summed E-state index contributed by atoms with van der Waals surface area (Å²) in [6, 6.07) is 12.9. The van der Waals surface area contributed by atoms with Crippen LogP contribution in [0.1, 0.15) is 5.56 Å². The molecule has 2 aromatic carbocycles. The molecular weight excluding hydrogens is 409 g/mol. The van der Waals surface area contributed by atoms with Crippen LogP contribution in [-0.4, -0.2) is 48.8 Å². The summed E-state index contributed by atoms with van der Waals surface area (Å²) in [5, 5.41) is 2.68. The molecule has 1 amide bonds. The highest BCUT2D eigenvalue weighted by molar-refractivity contribution is 7.90. The molecule has 30 heavy (non-hydrogen) atoms. The number of nitrogens with zero attached hydrogens (tertiary/aromatic N) is 4. The fraction of sp³-hybridized carbons (Fsp3) is 0.200. The van der Waals surface area contributed by atoms with E-state index >= 15 is 0 Å². The number of hydrogen-bond acceptors (Lipinski definition) is 4. The van der Waals surface area contributed by atoms with Gasteiger partial charge < -0.3 is 9.88 Å². The summed E-state index contributed by atoms with van der Waals surface area (Å²) in [5.74, 6) is -1.28. The van der Waals surface area contributed by atoms with Crippen molar-refractivity contribution < 1.29 is 17.6 Å². The average molecular weight is 431 g/mol. The average Bonchev–Trinajstić information content (AvgIpc) is 3.26. The van der Waals surface area contributed by atoms with E-state index in [1.807, 2.05) is 35.0 Å². The van der Waals surface area contributed by atoms with Gasteiger partial charge in [0.25, 0.3) is 0 Å². The molecule has 1 heterocycles. The number of halogens is 1. The van der Waals surface area contributed by atoms with Gasteiger partial charge in [-0.3, -0.25) is 4.79 Å². The molecule has 0 atom stereocenters. The first-order valence-corrected chi connectivity index (χ1v) is 10.5. The Balaban J connectivity index is 1.70.